The molecule has 0 saturated heterocycles. The second kappa shape index (κ2) is 6.35. The van der Waals surface area contributed by atoms with Gasteiger partial charge in [-0.15, -0.1) is 0 Å². The third kappa shape index (κ3) is 2.44. The van der Waals surface area contributed by atoms with Crippen LogP contribution >= 0.6 is 15.9 Å². The zero-order valence-corrected chi connectivity index (χ0v) is 14.2. The van der Waals surface area contributed by atoms with Crippen molar-refractivity contribution >= 4 is 15.9 Å². The van der Waals surface area contributed by atoms with Gasteiger partial charge in [-0.2, -0.15) is 0 Å². The summed E-state index contributed by atoms with van der Waals surface area (Å²) in [5.74, 6) is 1.56. The molecular weight excluding hydrogens is 318 g/mol. The van der Waals surface area contributed by atoms with Gasteiger partial charge in [0, 0.05) is 12.0 Å². The monoisotopic (exact) mass is 341 g/mol. The Hall–Kier alpha value is -0.740. The molecule has 0 atom stereocenters. The molecule has 0 spiro atoms. The Bertz CT molecular complexity index is 482. The Labute approximate surface area is 130 Å². The van der Waals surface area contributed by atoms with Crippen LogP contribution in [0, 0.1) is 0 Å². The molecule has 4 heteroatoms. The molecule has 0 heterocycles. The lowest BCUT2D eigenvalue weighted by molar-refractivity contribution is 0.349. The largest absolute Gasteiger partial charge is 0.493 e. The average molecular weight is 342 g/mol. The van der Waals surface area contributed by atoms with Crippen molar-refractivity contribution in [3.8, 4) is 11.5 Å². The van der Waals surface area contributed by atoms with Gasteiger partial charge in [-0.25, -0.2) is 0 Å². The van der Waals surface area contributed by atoms with Crippen molar-refractivity contribution in [1.29, 1.82) is 0 Å². The maximum absolute atomic E-state index is 6.15. The number of methoxy groups -OCH3 is 2. The SMILES string of the molecule is CCc1c(C2(CN)CCCC2)cc(OC)c(OC)c1Br. The van der Waals surface area contributed by atoms with Gasteiger partial charge in [-0.1, -0.05) is 19.8 Å². The fraction of sp³-hybridized carbons (Fsp3) is 0.625. The van der Waals surface area contributed by atoms with Crippen LogP contribution in [0.4, 0.5) is 0 Å². The lowest BCUT2D eigenvalue weighted by Gasteiger charge is -2.32. The maximum atomic E-state index is 6.15. The van der Waals surface area contributed by atoms with E-state index in [1.54, 1.807) is 14.2 Å². The van der Waals surface area contributed by atoms with E-state index in [-0.39, 0.29) is 5.41 Å². The third-order valence-corrected chi connectivity index (χ3v) is 5.43. The smallest absolute Gasteiger partial charge is 0.175 e. The molecule has 0 aliphatic heterocycles. The highest BCUT2D eigenvalue weighted by molar-refractivity contribution is 9.10. The van der Waals surface area contributed by atoms with Gasteiger partial charge in [0.1, 0.15) is 0 Å². The van der Waals surface area contributed by atoms with E-state index in [1.807, 2.05) is 0 Å². The highest BCUT2D eigenvalue weighted by atomic mass is 79.9. The molecule has 1 saturated carbocycles. The van der Waals surface area contributed by atoms with E-state index < -0.39 is 0 Å². The number of hydrogen-bond acceptors (Lipinski definition) is 3. The fourth-order valence-electron chi connectivity index (χ4n) is 3.44. The molecule has 0 amide bonds. The number of ether oxygens (including phenoxy) is 2. The number of halogens is 1. The van der Waals surface area contributed by atoms with Crippen LogP contribution in [0.25, 0.3) is 0 Å². The molecule has 1 aliphatic carbocycles. The fourth-order valence-corrected chi connectivity index (χ4v) is 4.29. The van der Waals surface area contributed by atoms with E-state index in [4.69, 9.17) is 15.2 Å². The van der Waals surface area contributed by atoms with Crippen LogP contribution in [-0.2, 0) is 11.8 Å². The van der Waals surface area contributed by atoms with Crippen LogP contribution < -0.4 is 15.2 Å². The van der Waals surface area contributed by atoms with Gasteiger partial charge in [-0.3, -0.25) is 0 Å². The quantitative estimate of drug-likeness (QED) is 0.885. The zero-order chi connectivity index (χ0) is 14.8. The minimum atomic E-state index is 0.105. The van der Waals surface area contributed by atoms with Gasteiger partial charge in [0.15, 0.2) is 11.5 Å². The Morgan fingerprint density at radius 1 is 1.25 bits per heavy atom. The molecule has 0 aromatic heterocycles. The van der Waals surface area contributed by atoms with Gasteiger partial charge in [0.2, 0.25) is 0 Å². The molecule has 1 aliphatic rings. The Balaban J connectivity index is 2.65. The Morgan fingerprint density at radius 2 is 1.90 bits per heavy atom. The van der Waals surface area contributed by atoms with Crippen molar-refractivity contribution in [1.82, 2.24) is 0 Å². The number of nitrogens with two attached hydrogens (primary N) is 1. The van der Waals surface area contributed by atoms with Crippen LogP contribution in [0.1, 0.15) is 43.7 Å². The first kappa shape index (κ1) is 15.6. The molecule has 20 heavy (non-hydrogen) atoms. The standard InChI is InChI=1S/C16H24BrNO2/c1-4-11-12(16(10-18)7-5-6-8-16)9-13(19-2)15(20-3)14(11)17/h9H,4-8,10,18H2,1-3H3. The molecule has 3 nitrogen and oxygen atoms in total. The van der Waals surface area contributed by atoms with Gasteiger partial charge in [-0.05, 0) is 52.4 Å². The van der Waals surface area contributed by atoms with Crippen LogP contribution in [0.2, 0.25) is 0 Å². The number of benzene rings is 1. The van der Waals surface area contributed by atoms with Crippen molar-refractivity contribution in [2.45, 2.75) is 44.4 Å². The van der Waals surface area contributed by atoms with E-state index in [0.29, 0.717) is 6.54 Å². The molecule has 1 aromatic carbocycles. The molecule has 0 radical (unpaired) electrons. The predicted molar refractivity (Wildman–Crippen MR) is 85.8 cm³/mol. The first-order valence-corrected chi connectivity index (χ1v) is 8.06. The van der Waals surface area contributed by atoms with Crippen LogP contribution in [0.3, 0.4) is 0 Å². The van der Waals surface area contributed by atoms with Crippen molar-refractivity contribution in [2.75, 3.05) is 20.8 Å². The van der Waals surface area contributed by atoms with E-state index in [2.05, 4.69) is 28.9 Å². The summed E-state index contributed by atoms with van der Waals surface area (Å²) < 4.78 is 12.0. The van der Waals surface area contributed by atoms with Crippen molar-refractivity contribution in [3.63, 3.8) is 0 Å². The summed E-state index contributed by atoms with van der Waals surface area (Å²) in [4.78, 5) is 0. The van der Waals surface area contributed by atoms with Crippen LogP contribution in [-0.4, -0.2) is 20.8 Å². The molecule has 1 fully saturated rings. The van der Waals surface area contributed by atoms with Crippen molar-refractivity contribution in [2.24, 2.45) is 5.73 Å². The van der Waals surface area contributed by atoms with Crippen LogP contribution in [0.15, 0.2) is 10.5 Å². The van der Waals surface area contributed by atoms with Gasteiger partial charge >= 0.3 is 0 Å². The summed E-state index contributed by atoms with van der Waals surface area (Å²) in [7, 11) is 3.36. The second-order valence-corrected chi connectivity index (χ2v) is 6.29. The van der Waals surface area contributed by atoms with E-state index in [1.165, 1.54) is 36.8 Å². The van der Waals surface area contributed by atoms with E-state index >= 15 is 0 Å². The second-order valence-electron chi connectivity index (χ2n) is 5.50. The first-order valence-electron chi connectivity index (χ1n) is 7.27. The average Bonchev–Trinajstić information content (AvgIpc) is 2.96. The number of rotatable bonds is 5. The van der Waals surface area contributed by atoms with Gasteiger partial charge < -0.3 is 15.2 Å². The third-order valence-electron chi connectivity index (χ3n) is 4.59. The molecule has 2 rings (SSSR count). The van der Waals surface area contributed by atoms with Crippen molar-refractivity contribution in [3.05, 3.63) is 21.7 Å². The Morgan fingerprint density at radius 3 is 2.35 bits per heavy atom. The predicted octanol–water partition coefficient (Wildman–Crippen LogP) is 3.80. The molecule has 0 unspecified atom stereocenters. The van der Waals surface area contributed by atoms with Gasteiger partial charge in [0.05, 0.1) is 18.7 Å². The zero-order valence-electron chi connectivity index (χ0n) is 12.6. The number of hydrogen-bond donors (Lipinski definition) is 1. The minimum absolute atomic E-state index is 0.105. The summed E-state index contributed by atoms with van der Waals surface area (Å²) in [5.41, 5.74) is 8.89. The van der Waals surface area contributed by atoms with Crippen LogP contribution in [0.5, 0.6) is 11.5 Å². The molecule has 1 aromatic rings. The summed E-state index contributed by atoms with van der Waals surface area (Å²) in [6, 6.07) is 2.14. The summed E-state index contributed by atoms with van der Waals surface area (Å²) >= 11 is 3.70. The Kier molecular flexibility index (Phi) is 4.97. The minimum Gasteiger partial charge on any atom is -0.493 e. The van der Waals surface area contributed by atoms with Crippen molar-refractivity contribution < 1.29 is 9.47 Å². The van der Waals surface area contributed by atoms with E-state index in [0.717, 1.165) is 22.4 Å². The molecule has 0 bridgehead atoms. The molecular formula is C16H24BrNO2. The summed E-state index contributed by atoms with van der Waals surface area (Å²) in [6.07, 6.45) is 5.80. The first-order chi connectivity index (χ1) is 9.63. The van der Waals surface area contributed by atoms with Gasteiger partial charge in [0.25, 0.3) is 0 Å². The molecule has 112 valence electrons. The lowest BCUT2D eigenvalue weighted by Crippen LogP contribution is -2.33. The topological polar surface area (TPSA) is 44.5 Å². The summed E-state index contributed by atoms with van der Waals surface area (Å²) in [6.45, 7) is 2.87. The molecule has 2 N–H and O–H groups in total. The maximum Gasteiger partial charge on any atom is 0.175 e. The van der Waals surface area contributed by atoms with E-state index in [9.17, 15) is 0 Å². The normalized spacial score (nSPS) is 17.2. The highest BCUT2D eigenvalue weighted by Gasteiger charge is 2.37. The highest BCUT2D eigenvalue weighted by Crippen LogP contribution is 2.48. The summed E-state index contributed by atoms with van der Waals surface area (Å²) in [5, 5.41) is 0. The lowest BCUT2D eigenvalue weighted by atomic mass is 9.76.